The van der Waals surface area contributed by atoms with Crippen LogP contribution < -0.4 is 20.2 Å². The van der Waals surface area contributed by atoms with E-state index in [1.165, 1.54) is 0 Å². The minimum atomic E-state index is 0.442. The second kappa shape index (κ2) is 9.03. The van der Waals surface area contributed by atoms with Crippen LogP contribution in [-0.4, -0.2) is 25.0 Å². The van der Waals surface area contributed by atoms with Gasteiger partial charge in [0.05, 0.1) is 19.9 Å². The molecule has 6 heteroatoms. The molecule has 0 saturated carbocycles. The van der Waals surface area contributed by atoms with Gasteiger partial charge in [-0.25, -0.2) is 0 Å². The van der Waals surface area contributed by atoms with Gasteiger partial charge in [-0.3, -0.25) is 5.43 Å². The van der Waals surface area contributed by atoms with Crippen LogP contribution in [-0.2, 0) is 0 Å². The summed E-state index contributed by atoms with van der Waals surface area (Å²) >= 11 is 5.31. The summed E-state index contributed by atoms with van der Waals surface area (Å²) in [4.78, 5) is 0. The van der Waals surface area contributed by atoms with E-state index in [1.54, 1.807) is 14.2 Å². The Hall–Kier alpha value is -2.60. The smallest absolute Gasteiger partial charge is 0.191 e. The number of hydrazone groups is 1. The summed E-state index contributed by atoms with van der Waals surface area (Å²) in [7, 11) is 3.23. The van der Waals surface area contributed by atoms with Crippen LogP contribution in [0.2, 0.25) is 0 Å². The van der Waals surface area contributed by atoms with Crippen molar-refractivity contribution in [2.45, 2.75) is 20.3 Å². The van der Waals surface area contributed by atoms with Gasteiger partial charge in [0.2, 0.25) is 0 Å². The van der Waals surface area contributed by atoms with Crippen LogP contribution in [0.4, 0.5) is 5.69 Å². The van der Waals surface area contributed by atoms with E-state index in [0.717, 1.165) is 28.9 Å². The second-order valence-corrected chi connectivity index (χ2v) is 5.83. The average molecular weight is 357 g/mol. The predicted octanol–water partition coefficient (Wildman–Crippen LogP) is 4.11. The Kier molecular flexibility index (Phi) is 6.77. The van der Waals surface area contributed by atoms with Gasteiger partial charge >= 0.3 is 0 Å². The largest absolute Gasteiger partial charge is 0.493 e. The molecular formula is C19H23N3O2S. The van der Waals surface area contributed by atoms with Crippen molar-refractivity contribution in [2.75, 3.05) is 19.5 Å². The first-order chi connectivity index (χ1) is 12.1. The standard InChI is InChI=1S/C19H23N3O2S/c1-5-16(14-9-10-17(23-3)18(12-14)24-4)21-22-19(25)20-15-8-6-7-13(2)11-15/h6-12H,5H2,1-4H3,(H2,20,22,25)/b21-16+. The lowest BCUT2D eigenvalue weighted by molar-refractivity contribution is 0.355. The topological polar surface area (TPSA) is 54.9 Å². The van der Waals surface area contributed by atoms with Crippen molar-refractivity contribution in [1.29, 1.82) is 0 Å². The molecule has 0 saturated heterocycles. The fraction of sp³-hybridized carbons (Fsp3) is 0.263. The molecule has 2 aromatic rings. The van der Waals surface area contributed by atoms with Gasteiger partial charge < -0.3 is 14.8 Å². The van der Waals surface area contributed by atoms with Gasteiger partial charge in [0.1, 0.15) is 0 Å². The number of hydrogen-bond acceptors (Lipinski definition) is 4. The van der Waals surface area contributed by atoms with Gasteiger partial charge in [0.25, 0.3) is 0 Å². The van der Waals surface area contributed by atoms with Crippen LogP contribution in [0.1, 0.15) is 24.5 Å². The number of benzene rings is 2. The molecule has 0 atom stereocenters. The molecule has 2 aromatic carbocycles. The number of ether oxygens (including phenoxy) is 2. The Balaban J connectivity index is 2.10. The summed E-state index contributed by atoms with van der Waals surface area (Å²) in [6, 6.07) is 13.7. The SMILES string of the molecule is CC/C(=N\NC(=S)Nc1cccc(C)c1)c1ccc(OC)c(OC)c1. The number of aryl methyl sites for hydroxylation is 1. The Morgan fingerprint density at radius 3 is 2.48 bits per heavy atom. The number of anilines is 1. The normalized spacial score (nSPS) is 11.0. The summed E-state index contributed by atoms with van der Waals surface area (Å²) in [5.41, 5.74) is 6.81. The van der Waals surface area contributed by atoms with E-state index in [-0.39, 0.29) is 0 Å². The summed E-state index contributed by atoms with van der Waals surface area (Å²) in [5.74, 6) is 1.35. The molecular weight excluding hydrogens is 334 g/mol. The molecule has 132 valence electrons. The monoisotopic (exact) mass is 357 g/mol. The van der Waals surface area contributed by atoms with Crippen molar-refractivity contribution in [3.63, 3.8) is 0 Å². The molecule has 5 nitrogen and oxygen atoms in total. The second-order valence-electron chi connectivity index (χ2n) is 5.42. The maximum atomic E-state index is 5.35. The lowest BCUT2D eigenvalue weighted by atomic mass is 10.1. The van der Waals surface area contributed by atoms with Crippen LogP contribution in [0.15, 0.2) is 47.6 Å². The Labute approximate surface area is 154 Å². The Morgan fingerprint density at radius 1 is 1.08 bits per heavy atom. The molecule has 0 aromatic heterocycles. The lowest BCUT2D eigenvalue weighted by Crippen LogP contribution is -2.25. The van der Waals surface area contributed by atoms with Crippen LogP contribution >= 0.6 is 12.2 Å². The first kappa shape index (κ1) is 18.7. The molecule has 2 rings (SSSR count). The number of rotatable bonds is 6. The fourth-order valence-corrected chi connectivity index (χ4v) is 2.53. The number of nitrogens with one attached hydrogen (secondary N) is 2. The molecule has 0 radical (unpaired) electrons. The first-order valence-corrected chi connectivity index (χ1v) is 8.40. The highest BCUT2D eigenvalue weighted by molar-refractivity contribution is 7.80. The van der Waals surface area contributed by atoms with E-state index in [4.69, 9.17) is 21.7 Å². The minimum Gasteiger partial charge on any atom is -0.493 e. The fourth-order valence-electron chi connectivity index (χ4n) is 2.36. The summed E-state index contributed by atoms with van der Waals surface area (Å²) in [6.45, 7) is 4.07. The zero-order chi connectivity index (χ0) is 18.2. The molecule has 2 N–H and O–H groups in total. The zero-order valence-corrected chi connectivity index (χ0v) is 15.7. The first-order valence-electron chi connectivity index (χ1n) is 8.00. The molecule has 0 aliphatic carbocycles. The third-order valence-corrected chi connectivity index (χ3v) is 3.81. The van der Waals surface area contributed by atoms with E-state index < -0.39 is 0 Å². The van der Waals surface area contributed by atoms with Crippen molar-refractivity contribution in [3.05, 3.63) is 53.6 Å². The third kappa shape index (κ3) is 5.19. The molecule has 0 heterocycles. The third-order valence-electron chi connectivity index (χ3n) is 3.62. The van der Waals surface area contributed by atoms with Gasteiger partial charge in [-0.2, -0.15) is 5.10 Å². The zero-order valence-electron chi connectivity index (χ0n) is 14.9. The quantitative estimate of drug-likeness (QED) is 0.463. The van der Waals surface area contributed by atoms with E-state index >= 15 is 0 Å². The van der Waals surface area contributed by atoms with E-state index in [1.807, 2.05) is 56.3 Å². The van der Waals surface area contributed by atoms with Crippen molar-refractivity contribution >= 4 is 28.7 Å². The van der Waals surface area contributed by atoms with E-state index in [9.17, 15) is 0 Å². The number of hydrogen-bond donors (Lipinski definition) is 2. The molecule has 0 aliphatic heterocycles. The van der Waals surface area contributed by atoms with Crippen LogP contribution in [0, 0.1) is 6.92 Å². The molecule has 0 amide bonds. The maximum absolute atomic E-state index is 5.35. The highest BCUT2D eigenvalue weighted by Crippen LogP contribution is 2.28. The van der Waals surface area contributed by atoms with Crippen LogP contribution in [0.25, 0.3) is 0 Å². The predicted molar refractivity (Wildman–Crippen MR) is 107 cm³/mol. The van der Waals surface area contributed by atoms with E-state index in [0.29, 0.717) is 16.6 Å². The number of nitrogens with zero attached hydrogens (tertiary/aromatic N) is 1. The minimum absolute atomic E-state index is 0.442. The van der Waals surface area contributed by atoms with Crippen molar-refractivity contribution < 1.29 is 9.47 Å². The molecule has 0 aliphatic rings. The molecule has 0 bridgehead atoms. The average Bonchev–Trinajstić information content (AvgIpc) is 2.62. The highest BCUT2D eigenvalue weighted by Gasteiger charge is 2.08. The van der Waals surface area contributed by atoms with Crippen molar-refractivity contribution in [3.8, 4) is 11.5 Å². The van der Waals surface area contributed by atoms with Gasteiger partial charge in [-0.1, -0.05) is 19.1 Å². The lowest BCUT2D eigenvalue weighted by Gasteiger charge is -2.12. The summed E-state index contributed by atoms with van der Waals surface area (Å²) < 4.78 is 10.6. The van der Waals surface area contributed by atoms with Crippen LogP contribution in [0.5, 0.6) is 11.5 Å². The van der Waals surface area contributed by atoms with Gasteiger partial charge in [-0.15, -0.1) is 0 Å². The van der Waals surface area contributed by atoms with Crippen molar-refractivity contribution in [2.24, 2.45) is 5.10 Å². The van der Waals surface area contributed by atoms with Gasteiger partial charge in [-0.05, 0) is 61.5 Å². The Morgan fingerprint density at radius 2 is 1.84 bits per heavy atom. The van der Waals surface area contributed by atoms with Crippen LogP contribution in [0.3, 0.4) is 0 Å². The highest BCUT2D eigenvalue weighted by atomic mass is 32.1. The maximum Gasteiger partial charge on any atom is 0.191 e. The van der Waals surface area contributed by atoms with Gasteiger partial charge in [0.15, 0.2) is 16.6 Å². The number of methoxy groups -OCH3 is 2. The molecule has 0 unspecified atom stereocenters. The molecule has 0 fully saturated rings. The number of thiocarbonyl (C=S) groups is 1. The molecule has 25 heavy (non-hydrogen) atoms. The molecule has 0 spiro atoms. The van der Waals surface area contributed by atoms with Crippen molar-refractivity contribution in [1.82, 2.24) is 5.43 Å². The van der Waals surface area contributed by atoms with Gasteiger partial charge in [0, 0.05) is 11.3 Å². The van der Waals surface area contributed by atoms with E-state index in [2.05, 4.69) is 15.8 Å². The Bertz CT molecular complexity index is 775. The summed E-state index contributed by atoms with van der Waals surface area (Å²) in [5, 5.41) is 7.99. The summed E-state index contributed by atoms with van der Waals surface area (Å²) in [6.07, 6.45) is 0.746.